The van der Waals surface area contributed by atoms with Gasteiger partial charge in [-0.1, -0.05) is 6.07 Å². The SMILES string of the molecule is CN(C)c1ccc([C@H]2CO2)cn1. The predicted octanol–water partition coefficient (Wildman–Crippen LogP) is 1.22. The fourth-order valence-corrected chi connectivity index (χ4v) is 1.09. The van der Waals surface area contributed by atoms with E-state index in [9.17, 15) is 0 Å². The van der Waals surface area contributed by atoms with Crippen LogP contribution in [0.3, 0.4) is 0 Å². The van der Waals surface area contributed by atoms with Gasteiger partial charge in [0, 0.05) is 25.9 Å². The molecule has 2 heterocycles. The summed E-state index contributed by atoms with van der Waals surface area (Å²) in [5.41, 5.74) is 1.18. The molecule has 1 fully saturated rings. The number of anilines is 1. The van der Waals surface area contributed by atoms with E-state index < -0.39 is 0 Å². The summed E-state index contributed by atoms with van der Waals surface area (Å²) >= 11 is 0. The normalized spacial score (nSPS) is 20.7. The summed E-state index contributed by atoms with van der Waals surface area (Å²) < 4.78 is 5.14. The molecule has 1 saturated heterocycles. The third kappa shape index (κ3) is 1.41. The van der Waals surface area contributed by atoms with Crippen molar-refractivity contribution in [1.29, 1.82) is 0 Å². The first kappa shape index (κ1) is 7.55. The second kappa shape index (κ2) is 2.75. The molecule has 0 saturated carbocycles. The van der Waals surface area contributed by atoms with Crippen LogP contribution in [0.2, 0.25) is 0 Å². The Balaban J connectivity index is 2.18. The topological polar surface area (TPSA) is 28.7 Å². The first-order chi connectivity index (χ1) is 5.77. The van der Waals surface area contributed by atoms with Crippen LogP contribution in [0.4, 0.5) is 5.82 Å². The maximum Gasteiger partial charge on any atom is 0.127 e. The molecule has 1 aliphatic heterocycles. The molecule has 0 aromatic carbocycles. The summed E-state index contributed by atoms with van der Waals surface area (Å²) in [4.78, 5) is 6.27. The van der Waals surface area contributed by atoms with E-state index in [0.29, 0.717) is 6.10 Å². The number of rotatable bonds is 2. The molecule has 12 heavy (non-hydrogen) atoms. The van der Waals surface area contributed by atoms with E-state index in [0.717, 1.165) is 12.4 Å². The van der Waals surface area contributed by atoms with Gasteiger partial charge in [-0.2, -0.15) is 0 Å². The van der Waals surface area contributed by atoms with E-state index >= 15 is 0 Å². The monoisotopic (exact) mass is 164 g/mol. The largest absolute Gasteiger partial charge is 0.368 e. The molecule has 0 amide bonds. The third-order valence-corrected chi connectivity index (χ3v) is 1.93. The van der Waals surface area contributed by atoms with Crippen LogP contribution in [-0.2, 0) is 4.74 Å². The van der Waals surface area contributed by atoms with Crippen molar-refractivity contribution in [3.63, 3.8) is 0 Å². The molecule has 0 unspecified atom stereocenters. The van der Waals surface area contributed by atoms with Gasteiger partial charge in [-0.05, 0) is 6.07 Å². The second-order valence-electron chi connectivity index (χ2n) is 3.17. The van der Waals surface area contributed by atoms with Gasteiger partial charge >= 0.3 is 0 Å². The molecular formula is C9H12N2O. The predicted molar refractivity (Wildman–Crippen MR) is 47.3 cm³/mol. The molecular weight excluding hydrogens is 152 g/mol. The van der Waals surface area contributed by atoms with Gasteiger partial charge in [0.05, 0.1) is 6.61 Å². The van der Waals surface area contributed by atoms with Gasteiger partial charge in [0.1, 0.15) is 11.9 Å². The lowest BCUT2D eigenvalue weighted by Crippen LogP contribution is -2.10. The fraction of sp³-hybridized carbons (Fsp3) is 0.444. The lowest BCUT2D eigenvalue weighted by molar-refractivity contribution is 0.415. The van der Waals surface area contributed by atoms with Crippen LogP contribution in [0.5, 0.6) is 0 Å². The van der Waals surface area contributed by atoms with Crippen molar-refractivity contribution in [2.24, 2.45) is 0 Å². The molecule has 0 bridgehead atoms. The Bertz CT molecular complexity index is 243. The van der Waals surface area contributed by atoms with Gasteiger partial charge < -0.3 is 9.64 Å². The van der Waals surface area contributed by atoms with Crippen LogP contribution in [0.1, 0.15) is 11.7 Å². The number of hydrogen-bond donors (Lipinski definition) is 0. The molecule has 0 N–H and O–H groups in total. The highest BCUT2D eigenvalue weighted by atomic mass is 16.6. The molecule has 3 nitrogen and oxygen atoms in total. The van der Waals surface area contributed by atoms with Crippen molar-refractivity contribution in [2.45, 2.75) is 6.10 Å². The molecule has 1 aromatic rings. The number of epoxide rings is 1. The summed E-state index contributed by atoms with van der Waals surface area (Å²) in [5.74, 6) is 0.986. The van der Waals surface area contributed by atoms with Gasteiger partial charge in [-0.3, -0.25) is 0 Å². The van der Waals surface area contributed by atoms with E-state index in [1.807, 2.05) is 31.3 Å². The van der Waals surface area contributed by atoms with E-state index in [2.05, 4.69) is 11.1 Å². The minimum absolute atomic E-state index is 0.314. The molecule has 2 rings (SSSR count). The van der Waals surface area contributed by atoms with E-state index in [4.69, 9.17) is 4.74 Å². The Labute approximate surface area is 72.0 Å². The molecule has 1 atom stereocenters. The maximum atomic E-state index is 5.14. The molecule has 64 valence electrons. The van der Waals surface area contributed by atoms with Crippen molar-refractivity contribution >= 4 is 5.82 Å². The molecule has 1 aliphatic rings. The zero-order valence-corrected chi connectivity index (χ0v) is 7.32. The first-order valence-corrected chi connectivity index (χ1v) is 4.02. The van der Waals surface area contributed by atoms with Gasteiger partial charge in [-0.25, -0.2) is 4.98 Å². The zero-order chi connectivity index (χ0) is 8.55. The van der Waals surface area contributed by atoms with Crippen molar-refractivity contribution in [3.8, 4) is 0 Å². The molecule has 0 spiro atoms. The minimum Gasteiger partial charge on any atom is -0.368 e. The van der Waals surface area contributed by atoms with Crippen LogP contribution in [0, 0.1) is 0 Å². The van der Waals surface area contributed by atoms with Gasteiger partial charge in [-0.15, -0.1) is 0 Å². The number of pyridine rings is 1. The number of ether oxygens (including phenoxy) is 1. The highest BCUT2D eigenvalue weighted by Crippen LogP contribution is 2.29. The van der Waals surface area contributed by atoms with Gasteiger partial charge in [0.2, 0.25) is 0 Å². The lowest BCUT2D eigenvalue weighted by Gasteiger charge is -2.10. The average molecular weight is 164 g/mol. The third-order valence-electron chi connectivity index (χ3n) is 1.93. The summed E-state index contributed by atoms with van der Waals surface area (Å²) in [7, 11) is 3.96. The van der Waals surface area contributed by atoms with Crippen molar-refractivity contribution < 1.29 is 4.74 Å². The second-order valence-corrected chi connectivity index (χ2v) is 3.17. The van der Waals surface area contributed by atoms with Crippen LogP contribution < -0.4 is 4.90 Å². The van der Waals surface area contributed by atoms with E-state index in [-0.39, 0.29) is 0 Å². The van der Waals surface area contributed by atoms with E-state index in [1.54, 1.807) is 0 Å². The summed E-state index contributed by atoms with van der Waals surface area (Å²) in [6.45, 7) is 0.850. The van der Waals surface area contributed by atoms with Crippen LogP contribution in [0.15, 0.2) is 18.3 Å². The standard InChI is InChI=1S/C9H12N2O/c1-11(2)9-4-3-7(5-10-9)8-6-12-8/h3-5,8H,6H2,1-2H3/t8-/m1/s1. The van der Waals surface area contributed by atoms with E-state index in [1.165, 1.54) is 5.56 Å². The summed E-state index contributed by atoms with van der Waals surface area (Å²) in [6.07, 6.45) is 2.20. The molecule has 3 heteroatoms. The highest BCUT2D eigenvalue weighted by Gasteiger charge is 2.24. The zero-order valence-electron chi connectivity index (χ0n) is 7.32. The highest BCUT2D eigenvalue weighted by molar-refractivity contribution is 5.37. The molecule has 1 aromatic heterocycles. The lowest BCUT2D eigenvalue weighted by atomic mass is 10.2. The minimum atomic E-state index is 0.314. The van der Waals surface area contributed by atoms with Crippen LogP contribution in [-0.4, -0.2) is 25.7 Å². The summed E-state index contributed by atoms with van der Waals surface area (Å²) in [6, 6.07) is 4.08. The first-order valence-electron chi connectivity index (χ1n) is 4.02. The Hall–Kier alpha value is -1.09. The van der Waals surface area contributed by atoms with Crippen molar-refractivity contribution in [2.75, 3.05) is 25.6 Å². The van der Waals surface area contributed by atoms with Gasteiger partial charge in [0.25, 0.3) is 0 Å². The number of nitrogens with zero attached hydrogens (tertiary/aromatic N) is 2. The number of aromatic nitrogens is 1. The average Bonchev–Trinajstić information content (AvgIpc) is 2.87. The molecule has 0 aliphatic carbocycles. The number of hydrogen-bond acceptors (Lipinski definition) is 3. The molecule has 0 radical (unpaired) electrons. The Morgan fingerprint density at radius 2 is 2.25 bits per heavy atom. The Morgan fingerprint density at radius 1 is 1.50 bits per heavy atom. The quantitative estimate of drug-likeness (QED) is 0.615. The van der Waals surface area contributed by atoms with Crippen LogP contribution >= 0.6 is 0 Å². The van der Waals surface area contributed by atoms with Crippen LogP contribution in [0.25, 0.3) is 0 Å². The van der Waals surface area contributed by atoms with Crippen molar-refractivity contribution in [1.82, 2.24) is 4.98 Å². The fourth-order valence-electron chi connectivity index (χ4n) is 1.09. The summed E-state index contributed by atoms with van der Waals surface area (Å²) in [5, 5.41) is 0. The Morgan fingerprint density at radius 3 is 2.67 bits per heavy atom. The Kier molecular flexibility index (Phi) is 1.73. The smallest absolute Gasteiger partial charge is 0.127 e. The van der Waals surface area contributed by atoms with Crippen molar-refractivity contribution in [3.05, 3.63) is 23.9 Å². The maximum absolute atomic E-state index is 5.14. The van der Waals surface area contributed by atoms with Gasteiger partial charge in [0.15, 0.2) is 0 Å².